The molecule has 3 rings (SSSR count). The molecule has 0 aliphatic heterocycles. The number of methoxy groups -OCH3 is 1. The van der Waals surface area contributed by atoms with Crippen LogP contribution >= 0.6 is 0 Å². The molecule has 0 aliphatic rings. The van der Waals surface area contributed by atoms with Crippen molar-refractivity contribution in [2.24, 2.45) is 0 Å². The van der Waals surface area contributed by atoms with Gasteiger partial charge in [-0.3, -0.25) is 0 Å². The lowest BCUT2D eigenvalue weighted by molar-refractivity contribution is 0.233. The van der Waals surface area contributed by atoms with Gasteiger partial charge in [-0.05, 0) is 45.0 Å². The highest BCUT2D eigenvalue weighted by molar-refractivity contribution is 6.66. The zero-order chi connectivity index (χ0) is 27.4. The monoisotopic (exact) mass is 494 g/mol. The van der Waals surface area contributed by atoms with Crippen LogP contribution in [-0.2, 0) is 6.54 Å². The third-order valence-corrected chi connectivity index (χ3v) is 6.53. The summed E-state index contributed by atoms with van der Waals surface area (Å²) < 4.78 is 11.9. The van der Waals surface area contributed by atoms with Gasteiger partial charge in [0.2, 0.25) is 11.8 Å². The quantitative estimate of drug-likeness (QED) is 0.248. The molecular formula is C24H35B5N6O2. The highest BCUT2D eigenvalue weighted by atomic mass is 16.5. The zero-order valence-corrected chi connectivity index (χ0v) is 23.5. The lowest BCUT2D eigenvalue weighted by Gasteiger charge is -2.40. The highest BCUT2D eigenvalue weighted by Gasteiger charge is 2.35. The summed E-state index contributed by atoms with van der Waals surface area (Å²) in [7, 11) is 12.2. The van der Waals surface area contributed by atoms with Gasteiger partial charge in [-0.2, -0.15) is 0 Å². The van der Waals surface area contributed by atoms with Crippen molar-refractivity contribution in [2.45, 2.75) is 43.9 Å². The fraction of sp³-hybridized carbons (Fsp3) is 0.333. The largest absolute Gasteiger partial charge is 0.491 e. The molecular weight excluding hydrogens is 458 g/mol. The van der Waals surface area contributed by atoms with E-state index in [-0.39, 0.29) is 11.2 Å². The summed E-state index contributed by atoms with van der Waals surface area (Å²) in [5, 5.41) is 14.9. The Morgan fingerprint density at radius 1 is 1.05 bits per heavy atom. The standard InChI is InChI=1S/C24H35B5N6O2/c1-13(2)34-20-18(33-12-15-7-5-9-31-21(15)36-4)11-17(35-19(20)14(3)30)16-8-6-10-32-22(16)37-24(28,29)23(25,26)27/h5-11,13,30,34H,12,25-29H2,1-4H3,(H,33,35). The van der Waals surface area contributed by atoms with Crippen molar-refractivity contribution in [3.05, 3.63) is 54.0 Å². The second-order valence-corrected chi connectivity index (χ2v) is 10.9. The Bertz CT molecular complexity index is 1270. The van der Waals surface area contributed by atoms with Gasteiger partial charge in [-0.15, -0.1) is 0 Å². The number of nitrogens with zero attached hydrogens (tertiary/aromatic N) is 3. The van der Waals surface area contributed by atoms with Crippen molar-refractivity contribution in [1.82, 2.24) is 15.0 Å². The third-order valence-electron chi connectivity index (χ3n) is 6.53. The second-order valence-electron chi connectivity index (χ2n) is 10.9. The Kier molecular flexibility index (Phi) is 8.66. The minimum Gasteiger partial charge on any atom is -0.491 e. The number of rotatable bonds is 11. The van der Waals surface area contributed by atoms with Crippen molar-refractivity contribution in [3.63, 3.8) is 0 Å². The van der Waals surface area contributed by atoms with Gasteiger partial charge in [0.1, 0.15) is 21.4 Å². The molecule has 0 aromatic carbocycles. The number of aromatic nitrogens is 3. The van der Waals surface area contributed by atoms with Crippen molar-refractivity contribution < 1.29 is 9.47 Å². The molecule has 13 heteroatoms. The molecule has 0 bridgehead atoms. The van der Waals surface area contributed by atoms with Gasteiger partial charge >= 0.3 is 0 Å². The Hall–Kier alpha value is -3.36. The molecule has 0 radical (unpaired) electrons. The van der Waals surface area contributed by atoms with Crippen molar-refractivity contribution >= 4 is 56.3 Å². The lowest BCUT2D eigenvalue weighted by atomic mass is 9.28. The van der Waals surface area contributed by atoms with Crippen LogP contribution < -0.4 is 20.1 Å². The molecule has 3 heterocycles. The third kappa shape index (κ3) is 6.70. The molecule has 3 aromatic rings. The van der Waals surface area contributed by atoms with E-state index in [2.05, 4.69) is 73.7 Å². The average molecular weight is 494 g/mol. The van der Waals surface area contributed by atoms with Crippen LogP contribution in [0.5, 0.6) is 11.8 Å². The van der Waals surface area contributed by atoms with Crippen LogP contribution in [0.1, 0.15) is 32.0 Å². The molecule has 0 atom stereocenters. The maximum absolute atomic E-state index is 8.51. The van der Waals surface area contributed by atoms with Crippen LogP contribution in [-0.4, -0.2) is 78.4 Å². The van der Waals surface area contributed by atoms with E-state index < -0.39 is 5.40 Å². The number of ether oxygens (including phenoxy) is 2. The lowest BCUT2D eigenvalue weighted by Crippen LogP contribution is -2.51. The Balaban J connectivity index is 2.14. The summed E-state index contributed by atoms with van der Waals surface area (Å²) in [5.41, 5.74) is 4.87. The fourth-order valence-corrected chi connectivity index (χ4v) is 3.52. The van der Waals surface area contributed by atoms with Gasteiger partial charge in [0, 0.05) is 35.9 Å². The molecule has 0 fully saturated rings. The van der Waals surface area contributed by atoms with E-state index in [1.54, 1.807) is 26.4 Å². The summed E-state index contributed by atoms with van der Waals surface area (Å²) in [6.07, 6.45) is 3.43. The SMILES string of the molecule is BC(B)(B)C(B)(B)Oc1ncccc1-c1cc(NCc2cccnc2OC)c(NC(C)C)c(C(C)=N)n1. The number of hydrogen-bond donors (Lipinski definition) is 3. The van der Waals surface area contributed by atoms with Crippen molar-refractivity contribution in [1.29, 1.82) is 5.41 Å². The molecule has 0 aliphatic carbocycles. The summed E-state index contributed by atoms with van der Waals surface area (Å²) in [4.78, 5) is 13.8. The van der Waals surface area contributed by atoms with E-state index in [9.17, 15) is 0 Å². The van der Waals surface area contributed by atoms with E-state index in [4.69, 9.17) is 19.9 Å². The summed E-state index contributed by atoms with van der Waals surface area (Å²) in [5.74, 6) is 1.08. The Morgan fingerprint density at radius 2 is 1.70 bits per heavy atom. The molecule has 37 heavy (non-hydrogen) atoms. The highest BCUT2D eigenvalue weighted by Crippen LogP contribution is 2.37. The predicted octanol–water partition coefficient (Wildman–Crippen LogP) is -0.361. The molecule has 0 saturated heterocycles. The van der Waals surface area contributed by atoms with Crippen LogP contribution in [0.3, 0.4) is 0 Å². The van der Waals surface area contributed by atoms with Gasteiger partial charge in [0.05, 0.1) is 59.0 Å². The van der Waals surface area contributed by atoms with Gasteiger partial charge in [-0.1, -0.05) is 11.2 Å². The van der Waals surface area contributed by atoms with Crippen LogP contribution in [0.2, 0.25) is 5.11 Å². The summed E-state index contributed by atoms with van der Waals surface area (Å²) >= 11 is 0. The van der Waals surface area contributed by atoms with E-state index in [1.165, 1.54) is 0 Å². The summed E-state index contributed by atoms with van der Waals surface area (Å²) in [6, 6.07) is 9.81. The molecule has 0 unspecified atom stereocenters. The first-order valence-corrected chi connectivity index (χ1v) is 12.6. The van der Waals surface area contributed by atoms with Gasteiger partial charge in [-0.25, -0.2) is 15.0 Å². The van der Waals surface area contributed by atoms with Crippen molar-refractivity contribution in [2.75, 3.05) is 17.7 Å². The minimum absolute atomic E-state index is 0.119. The predicted molar refractivity (Wildman–Crippen MR) is 166 cm³/mol. The first-order chi connectivity index (χ1) is 17.3. The number of anilines is 2. The zero-order valence-electron chi connectivity index (χ0n) is 23.5. The van der Waals surface area contributed by atoms with E-state index in [1.807, 2.05) is 30.3 Å². The Morgan fingerprint density at radius 3 is 2.30 bits per heavy atom. The molecule has 3 N–H and O–H groups in total. The second kappa shape index (κ2) is 11.4. The average Bonchev–Trinajstić information content (AvgIpc) is 2.82. The van der Waals surface area contributed by atoms with Crippen LogP contribution in [0.25, 0.3) is 11.3 Å². The van der Waals surface area contributed by atoms with Crippen LogP contribution in [0.4, 0.5) is 11.4 Å². The van der Waals surface area contributed by atoms with Gasteiger partial charge < -0.3 is 25.5 Å². The Labute approximate surface area is 224 Å². The molecule has 0 saturated carbocycles. The number of pyridine rings is 3. The topological polar surface area (TPSA) is 105 Å². The van der Waals surface area contributed by atoms with Crippen molar-refractivity contribution in [3.8, 4) is 23.0 Å². The van der Waals surface area contributed by atoms with Gasteiger partial charge in [0.15, 0.2) is 0 Å². The van der Waals surface area contributed by atoms with E-state index in [0.29, 0.717) is 35.4 Å². The van der Waals surface area contributed by atoms with E-state index >= 15 is 0 Å². The number of nitrogens with one attached hydrogen (secondary N) is 3. The molecule has 0 spiro atoms. The first kappa shape index (κ1) is 28.2. The van der Waals surface area contributed by atoms with Gasteiger partial charge in [0.25, 0.3) is 0 Å². The molecule has 0 amide bonds. The molecule has 3 aromatic heterocycles. The maximum Gasteiger partial charge on any atom is 0.221 e. The summed E-state index contributed by atoms with van der Waals surface area (Å²) in [6.45, 7) is 6.35. The van der Waals surface area contributed by atoms with E-state index in [0.717, 1.165) is 22.5 Å². The first-order valence-electron chi connectivity index (χ1n) is 12.6. The molecule has 188 valence electrons. The maximum atomic E-state index is 8.51. The normalized spacial score (nSPS) is 11.7. The number of hydrogen-bond acceptors (Lipinski definition) is 8. The molecule has 8 nitrogen and oxygen atoms in total. The fourth-order valence-electron chi connectivity index (χ4n) is 3.52. The smallest absolute Gasteiger partial charge is 0.221 e. The van der Waals surface area contributed by atoms with Crippen LogP contribution in [0.15, 0.2) is 42.7 Å². The minimum atomic E-state index is -0.479. The van der Waals surface area contributed by atoms with Crippen LogP contribution in [0, 0.1) is 5.41 Å².